The number of halogens is 3. The van der Waals surface area contributed by atoms with E-state index in [2.05, 4.69) is 32.4 Å². The molecular weight excluding hydrogens is 397 g/mol. The Balaban J connectivity index is 0.00000243. The Morgan fingerprint density at radius 3 is 2.81 bits per heavy atom. The third kappa shape index (κ3) is 4.92. The maximum absolute atomic E-state index is 6.13. The summed E-state index contributed by atoms with van der Waals surface area (Å²) in [6.07, 6.45) is 2.82. The molecular formula is C17H20Cl3N5O. The second-order valence-corrected chi connectivity index (χ2v) is 6.48. The Kier molecular flexibility index (Phi) is 7.34. The minimum Gasteiger partial charge on any atom is -0.485 e. The number of para-hydroxylation sites is 1. The number of nitrogens with zero attached hydrogens (tertiary/aromatic N) is 2. The van der Waals surface area contributed by atoms with Gasteiger partial charge in [-0.1, -0.05) is 29.8 Å². The molecule has 0 spiro atoms. The number of nitrogens with one attached hydrogen (secondary N) is 2. The van der Waals surface area contributed by atoms with Gasteiger partial charge in [0.15, 0.2) is 16.7 Å². The fourth-order valence-electron chi connectivity index (χ4n) is 2.51. The van der Waals surface area contributed by atoms with Crippen molar-refractivity contribution in [1.29, 1.82) is 0 Å². The minimum atomic E-state index is -0.134. The van der Waals surface area contributed by atoms with Crippen LogP contribution < -0.4 is 15.8 Å². The molecule has 0 aliphatic heterocycles. The fraction of sp³-hybridized carbons (Fsp3) is 0.294. The van der Waals surface area contributed by atoms with Crippen LogP contribution in [0.1, 0.15) is 12.5 Å². The summed E-state index contributed by atoms with van der Waals surface area (Å²) in [5.74, 6) is 0.827. The maximum Gasteiger partial charge on any atom is 0.226 e. The molecule has 0 aliphatic carbocycles. The highest BCUT2D eigenvalue weighted by molar-refractivity contribution is 6.33. The van der Waals surface area contributed by atoms with Gasteiger partial charge < -0.3 is 20.8 Å². The van der Waals surface area contributed by atoms with E-state index >= 15 is 0 Å². The molecule has 0 aliphatic rings. The molecule has 3 aromatic rings. The van der Waals surface area contributed by atoms with Crippen LogP contribution >= 0.6 is 35.6 Å². The Bertz CT molecular complexity index is 869. The number of ether oxygens (including phenoxy) is 1. The van der Waals surface area contributed by atoms with Crippen molar-refractivity contribution in [2.75, 3.05) is 18.5 Å². The van der Waals surface area contributed by atoms with Crippen LogP contribution in [0.15, 0.2) is 30.5 Å². The molecule has 4 N–H and O–H groups in total. The van der Waals surface area contributed by atoms with Crippen LogP contribution in [0, 0.1) is 0 Å². The van der Waals surface area contributed by atoms with E-state index in [1.165, 1.54) is 10.9 Å². The van der Waals surface area contributed by atoms with Gasteiger partial charge in [0, 0.05) is 29.7 Å². The number of hydrogen-bond donors (Lipinski definition) is 3. The first-order valence-corrected chi connectivity index (χ1v) is 8.70. The molecule has 0 radical (unpaired) electrons. The number of hydrogen-bond acceptors (Lipinski definition) is 5. The first-order valence-electron chi connectivity index (χ1n) is 7.95. The van der Waals surface area contributed by atoms with Crippen molar-refractivity contribution < 1.29 is 4.74 Å². The van der Waals surface area contributed by atoms with E-state index in [-0.39, 0.29) is 28.9 Å². The van der Waals surface area contributed by atoms with Crippen LogP contribution in [-0.2, 0) is 6.42 Å². The molecule has 2 heterocycles. The first kappa shape index (κ1) is 20.6. The van der Waals surface area contributed by atoms with Crippen LogP contribution in [0.25, 0.3) is 10.9 Å². The molecule has 1 aromatic carbocycles. The summed E-state index contributed by atoms with van der Waals surface area (Å²) in [4.78, 5) is 11.4. The summed E-state index contributed by atoms with van der Waals surface area (Å²) in [6.45, 7) is 2.79. The maximum atomic E-state index is 6.13. The molecule has 0 fully saturated rings. The van der Waals surface area contributed by atoms with Gasteiger partial charge in [-0.25, -0.2) is 4.98 Å². The summed E-state index contributed by atoms with van der Waals surface area (Å²) in [6, 6.07) is 8.04. The van der Waals surface area contributed by atoms with E-state index < -0.39 is 0 Å². The van der Waals surface area contributed by atoms with Crippen LogP contribution in [0.2, 0.25) is 10.4 Å². The third-order valence-corrected chi connectivity index (χ3v) is 4.07. The molecule has 6 nitrogen and oxygen atoms in total. The molecule has 0 bridgehead atoms. The summed E-state index contributed by atoms with van der Waals surface area (Å²) in [7, 11) is 0. The second-order valence-electron chi connectivity index (χ2n) is 5.79. The predicted molar refractivity (Wildman–Crippen MR) is 109 cm³/mol. The van der Waals surface area contributed by atoms with Crippen LogP contribution in [0.4, 0.5) is 5.82 Å². The first-order chi connectivity index (χ1) is 12.0. The largest absolute Gasteiger partial charge is 0.485 e. The Hall–Kier alpha value is -1.73. The van der Waals surface area contributed by atoms with Gasteiger partial charge in [0.2, 0.25) is 5.28 Å². The topological polar surface area (TPSA) is 88.8 Å². The van der Waals surface area contributed by atoms with Crippen molar-refractivity contribution in [2.24, 2.45) is 5.73 Å². The zero-order valence-corrected chi connectivity index (χ0v) is 16.5. The van der Waals surface area contributed by atoms with Crippen molar-refractivity contribution >= 4 is 52.3 Å². The van der Waals surface area contributed by atoms with Crippen LogP contribution in [-0.4, -0.2) is 34.1 Å². The van der Waals surface area contributed by atoms with Gasteiger partial charge in [-0.05, 0) is 36.6 Å². The van der Waals surface area contributed by atoms with Crippen molar-refractivity contribution in [2.45, 2.75) is 19.4 Å². The standard InChI is InChI=1S/C17H19Cl2N5O.ClH/c1-10(20)9-25-14-15(18)23-17(19)24-16(14)21-7-6-11-8-22-13-5-3-2-4-12(11)13;/h2-5,8,10,22H,6-7,9,20H2,1H3,(H,21,23,24);1H. The Morgan fingerprint density at radius 1 is 1.27 bits per heavy atom. The van der Waals surface area contributed by atoms with Gasteiger partial charge in [0.1, 0.15) is 6.61 Å². The van der Waals surface area contributed by atoms with E-state index in [9.17, 15) is 0 Å². The highest BCUT2D eigenvalue weighted by atomic mass is 35.5. The Labute approximate surface area is 167 Å². The molecule has 1 atom stereocenters. The number of rotatable bonds is 7. The highest BCUT2D eigenvalue weighted by Crippen LogP contribution is 2.31. The van der Waals surface area contributed by atoms with Gasteiger partial charge in [-0.15, -0.1) is 12.4 Å². The lowest BCUT2D eigenvalue weighted by atomic mass is 10.1. The lowest BCUT2D eigenvalue weighted by Crippen LogP contribution is -2.24. The summed E-state index contributed by atoms with van der Waals surface area (Å²) in [5.41, 5.74) is 8.06. The second kappa shape index (κ2) is 9.28. The summed E-state index contributed by atoms with van der Waals surface area (Å²) < 4.78 is 5.63. The number of benzene rings is 1. The number of aromatic amines is 1. The molecule has 2 aromatic heterocycles. The smallest absolute Gasteiger partial charge is 0.226 e. The molecule has 0 saturated heterocycles. The molecule has 9 heteroatoms. The summed E-state index contributed by atoms with van der Waals surface area (Å²) >= 11 is 12.0. The lowest BCUT2D eigenvalue weighted by Gasteiger charge is -2.14. The molecule has 140 valence electrons. The zero-order valence-electron chi connectivity index (χ0n) is 14.1. The molecule has 1 unspecified atom stereocenters. The molecule has 26 heavy (non-hydrogen) atoms. The number of aromatic nitrogens is 3. The van der Waals surface area contributed by atoms with Crippen molar-refractivity contribution in [3.8, 4) is 5.75 Å². The van der Waals surface area contributed by atoms with Crippen molar-refractivity contribution in [3.63, 3.8) is 0 Å². The van der Waals surface area contributed by atoms with E-state index in [1.807, 2.05) is 25.3 Å². The van der Waals surface area contributed by atoms with Crippen molar-refractivity contribution in [3.05, 3.63) is 46.5 Å². The number of fused-ring (bicyclic) bond motifs is 1. The molecule has 3 rings (SSSR count). The van der Waals surface area contributed by atoms with Crippen LogP contribution in [0.3, 0.4) is 0 Å². The van der Waals surface area contributed by atoms with E-state index in [4.69, 9.17) is 33.7 Å². The van der Waals surface area contributed by atoms with Gasteiger partial charge in [0.05, 0.1) is 0 Å². The average molecular weight is 417 g/mol. The Morgan fingerprint density at radius 2 is 2.04 bits per heavy atom. The number of nitrogens with two attached hydrogens (primary N) is 1. The number of anilines is 1. The molecule has 0 saturated carbocycles. The highest BCUT2D eigenvalue weighted by Gasteiger charge is 2.15. The minimum absolute atomic E-state index is 0. The average Bonchev–Trinajstić information content (AvgIpc) is 2.97. The van der Waals surface area contributed by atoms with E-state index in [1.54, 1.807) is 0 Å². The van der Waals surface area contributed by atoms with E-state index in [0.717, 1.165) is 11.9 Å². The summed E-state index contributed by atoms with van der Waals surface area (Å²) in [5, 5.41) is 4.65. The zero-order chi connectivity index (χ0) is 17.8. The van der Waals surface area contributed by atoms with Gasteiger partial charge >= 0.3 is 0 Å². The van der Waals surface area contributed by atoms with Crippen molar-refractivity contribution in [1.82, 2.24) is 15.0 Å². The lowest BCUT2D eigenvalue weighted by molar-refractivity contribution is 0.295. The van der Waals surface area contributed by atoms with E-state index in [0.29, 0.717) is 24.7 Å². The van der Waals surface area contributed by atoms with Gasteiger partial charge in [-0.2, -0.15) is 4.98 Å². The van der Waals surface area contributed by atoms with Gasteiger partial charge in [-0.3, -0.25) is 0 Å². The predicted octanol–water partition coefficient (Wildman–Crippen LogP) is 4.07. The van der Waals surface area contributed by atoms with Gasteiger partial charge in [0.25, 0.3) is 0 Å². The monoisotopic (exact) mass is 415 g/mol. The molecule has 0 amide bonds. The SMILES string of the molecule is CC(N)COc1c(Cl)nc(Cl)nc1NCCc1c[nH]c2ccccc12.Cl. The third-order valence-electron chi connectivity index (χ3n) is 3.65. The normalized spacial score (nSPS) is 11.8. The fourth-order valence-corrected chi connectivity index (χ4v) is 2.95. The quantitative estimate of drug-likeness (QED) is 0.399. The number of H-pyrrole nitrogens is 1. The van der Waals surface area contributed by atoms with Crippen LogP contribution in [0.5, 0.6) is 5.75 Å².